The average molecular weight is 241 g/mol. The van der Waals surface area contributed by atoms with E-state index in [1.54, 1.807) is 13.3 Å². The number of aryl methyl sites for hydroxylation is 1. The molecule has 0 aliphatic carbocycles. The molecule has 1 aromatic rings. The van der Waals surface area contributed by atoms with E-state index in [1.807, 2.05) is 22.7 Å². The van der Waals surface area contributed by atoms with Gasteiger partial charge in [-0.3, -0.25) is 14.4 Å². The second kappa shape index (κ2) is 7.03. The molecule has 0 amide bonds. The Labute approximate surface area is 101 Å². The van der Waals surface area contributed by atoms with Crippen LogP contribution in [0.2, 0.25) is 0 Å². The Morgan fingerprint density at radius 2 is 2.41 bits per heavy atom. The number of nitrogens with zero attached hydrogens (tertiary/aromatic N) is 3. The Morgan fingerprint density at radius 3 is 2.94 bits per heavy atom. The van der Waals surface area contributed by atoms with Crippen LogP contribution in [-0.2, 0) is 22.6 Å². The van der Waals surface area contributed by atoms with E-state index in [4.69, 9.17) is 9.84 Å². The van der Waals surface area contributed by atoms with Gasteiger partial charge in [-0.25, -0.2) is 0 Å². The van der Waals surface area contributed by atoms with Crippen LogP contribution in [0.5, 0.6) is 0 Å². The summed E-state index contributed by atoms with van der Waals surface area (Å²) in [6.45, 7) is 4.54. The summed E-state index contributed by atoms with van der Waals surface area (Å²) in [6.07, 6.45) is 3.70. The van der Waals surface area contributed by atoms with Gasteiger partial charge in [0.15, 0.2) is 0 Å². The van der Waals surface area contributed by atoms with Crippen molar-refractivity contribution < 1.29 is 14.6 Å². The Hall–Kier alpha value is -1.40. The summed E-state index contributed by atoms with van der Waals surface area (Å²) in [5.41, 5.74) is 1.02. The van der Waals surface area contributed by atoms with E-state index >= 15 is 0 Å². The van der Waals surface area contributed by atoms with E-state index in [0.29, 0.717) is 19.7 Å². The van der Waals surface area contributed by atoms with Crippen LogP contribution in [0.3, 0.4) is 0 Å². The molecule has 0 unspecified atom stereocenters. The molecule has 0 radical (unpaired) electrons. The number of rotatable bonds is 8. The molecule has 0 aromatic carbocycles. The molecule has 1 aromatic heterocycles. The average Bonchev–Trinajstić information content (AvgIpc) is 2.73. The van der Waals surface area contributed by atoms with Crippen LogP contribution in [0.15, 0.2) is 12.4 Å². The van der Waals surface area contributed by atoms with E-state index in [-0.39, 0.29) is 6.54 Å². The number of hydrogen-bond donors (Lipinski definition) is 1. The molecule has 17 heavy (non-hydrogen) atoms. The topological polar surface area (TPSA) is 67.6 Å². The number of hydrogen-bond acceptors (Lipinski definition) is 4. The zero-order chi connectivity index (χ0) is 12.7. The van der Waals surface area contributed by atoms with Crippen molar-refractivity contribution in [2.75, 3.05) is 26.8 Å². The molecule has 6 heteroatoms. The SMILES string of the molecule is CCn1cc(CN(CCOC)CC(=O)O)cn1. The first-order valence-electron chi connectivity index (χ1n) is 5.60. The molecule has 1 heterocycles. The predicted molar refractivity (Wildman–Crippen MR) is 62.7 cm³/mol. The standard InChI is InChI=1S/C11H19N3O3/c1-3-14-8-10(6-12-14)7-13(4-5-17-2)9-11(15)16/h6,8H,3-5,7,9H2,1-2H3,(H,15,16). The summed E-state index contributed by atoms with van der Waals surface area (Å²) in [5.74, 6) is -0.830. The van der Waals surface area contributed by atoms with Crippen LogP contribution in [-0.4, -0.2) is 52.6 Å². The third-order valence-corrected chi connectivity index (χ3v) is 2.39. The fourth-order valence-electron chi connectivity index (χ4n) is 1.54. The largest absolute Gasteiger partial charge is 0.480 e. The van der Waals surface area contributed by atoms with Gasteiger partial charge in [-0.05, 0) is 6.92 Å². The first kappa shape index (κ1) is 13.7. The summed E-state index contributed by atoms with van der Waals surface area (Å²) in [4.78, 5) is 12.5. The zero-order valence-electron chi connectivity index (χ0n) is 10.3. The third kappa shape index (κ3) is 4.97. The quantitative estimate of drug-likeness (QED) is 0.715. The first-order valence-corrected chi connectivity index (χ1v) is 5.60. The molecular weight excluding hydrogens is 222 g/mol. The minimum absolute atomic E-state index is 0.0145. The number of aliphatic carboxylic acids is 1. The van der Waals surface area contributed by atoms with Crippen LogP contribution in [0.25, 0.3) is 0 Å². The number of aromatic nitrogens is 2. The van der Waals surface area contributed by atoms with Crippen LogP contribution >= 0.6 is 0 Å². The maximum atomic E-state index is 10.7. The lowest BCUT2D eigenvalue weighted by Crippen LogP contribution is -2.32. The highest BCUT2D eigenvalue weighted by Crippen LogP contribution is 2.03. The van der Waals surface area contributed by atoms with E-state index < -0.39 is 5.97 Å². The van der Waals surface area contributed by atoms with Gasteiger partial charge in [-0.1, -0.05) is 0 Å². The highest BCUT2D eigenvalue weighted by atomic mass is 16.5. The minimum atomic E-state index is -0.830. The number of carbonyl (C=O) groups is 1. The highest BCUT2D eigenvalue weighted by molar-refractivity contribution is 5.69. The molecule has 0 saturated heterocycles. The maximum Gasteiger partial charge on any atom is 0.317 e. The van der Waals surface area contributed by atoms with Crippen molar-refractivity contribution in [3.8, 4) is 0 Å². The van der Waals surface area contributed by atoms with E-state index in [2.05, 4.69) is 5.10 Å². The van der Waals surface area contributed by atoms with Gasteiger partial charge in [0.25, 0.3) is 0 Å². The highest BCUT2D eigenvalue weighted by Gasteiger charge is 2.11. The second-order valence-corrected chi connectivity index (χ2v) is 3.80. The Bertz CT molecular complexity index is 351. The smallest absolute Gasteiger partial charge is 0.317 e. The summed E-state index contributed by atoms with van der Waals surface area (Å²) in [7, 11) is 1.61. The van der Waals surface area contributed by atoms with Gasteiger partial charge in [-0.2, -0.15) is 5.10 Å². The van der Waals surface area contributed by atoms with Gasteiger partial charge in [0.1, 0.15) is 0 Å². The van der Waals surface area contributed by atoms with Gasteiger partial charge in [0, 0.05) is 38.5 Å². The minimum Gasteiger partial charge on any atom is -0.480 e. The molecule has 96 valence electrons. The van der Waals surface area contributed by atoms with Crippen molar-refractivity contribution in [2.45, 2.75) is 20.0 Å². The lowest BCUT2D eigenvalue weighted by molar-refractivity contribution is -0.138. The van der Waals surface area contributed by atoms with Crippen molar-refractivity contribution >= 4 is 5.97 Å². The molecule has 0 aliphatic heterocycles. The first-order chi connectivity index (χ1) is 8.15. The van der Waals surface area contributed by atoms with E-state index in [9.17, 15) is 4.79 Å². The fraction of sp³-hybridized carbons (Fsp3) is 0.636. The van der Waals surface area contributed by atoms with Gasteiger partial charge in [0.2, 0.25) is 0 Å². The summed E-state index contributed by atoms with van der Waals surface area (Å²) in [5, 5.41) is 13.0. The molecule has 6 nitrogen and oxygen atoms in total. The molecule has 1 rings (SSSR count). The van der Waals surface area contributed by atoms with Gasteiger partial charge >= 0.3 is 5.97 Å². The Balaban J connectivity index is 2.54. The monoisotopic (exact) mass is 241 g/mol. The van der Waals surface area contributed by atoms with Crippen LogP contribution in [0.1, 0.15) is 12.5 Å². The zero-order valence-corrected chi connectivity index (χ0v) is 10.3. The molecule has 1 N–H and O–H groups in total. The molecule has 0 bridgehead atoms. The van der Waals surface area contributed by atoms with Gasteiger partial charge in [0.05, 0.1) is 19.3 Å². The predicted octanol–water partition coefficient (Wildman–Crippen LogP) is 0.436. The molecule has 0 saturated carbocycles. The number of methoxy groups -OCH3 is 1. The van der Waals surface area contributed by atoms with Crippen molar-refractivity contribution in [3.05, 3.63) is 18.0 Å². The van der Waals surface area contributed by atoms with Crippen LogP contribution < -0.4 is 0 Å². The van der Waals surface area contributed by atoms with Crippen LogP contribution in [0.4, 0.5) is 0 Å². The second-order valence-electron chi connectivity index (χ2n) is 3.80. The van der Waals surface area contributed by atoms with Crippen molar-refractivity contribution in [1.82, 2.24) is 14.7 Å². The third-order valence-electron chi connectivity index (χ3n) is 2.39. The van der Waals surface area contributed by atoms with Gasteiger partial charge in [-0.15, -0.1) is 0 Å². The van der Waals surface area contributed by atoms with Crippen molar-refractivity contribution in [1.29, 1.82) is 0 Å². The summed E-state index contributed by atoms with van der Waals surface area (Å²) < 4.78 is 6.79. The van der Waals surface area contributed by atoms with Crippen molar-refractivity contribution in [3.63, 3.8) is 0 Å². The lowest BCUT2D eigenvalue weighted by Gasteiger charge is -2.18. The normalized spacial score (nSPS) is 11.0. The number of ether oxygens (including phenoxy) is 1. The summed E-state index contributed by atoms with van der Waals surface area (Å²) in [6, 6.07) is 0. The van der Waals surface area contributed by atoms with Gasteiger partial charge < -0.3 is 9.84 Å². The van der Waals surface area contributed by atoms with Crippen LogP contribution in [0, 0.1) is 0 Å². The fourth-order valence-corrected chi connectivity index (χ4v) is 1.54. The van der Waals surface area contributed by atoms with E-state index in [1.165, 1.54) is 0 Å². The van der Waals surface area contributed by atoms with E-state index in [0.717, 1.165) is 12.1 Å². The molecular formula is C11H19N3O3. The molecule has 0 atom stereocenters. The summed E-state index contributed by atoms with van der Waals surface area (Å²) >= 11 is 0. The Morgan fingerprint density at radius 1 is 1.65 bits per heavy atom. The number of carboxylic acids is 1. The van der Waals surface area contributed by atoms with Crippen molar-refractivity contribution in [2.24, 2.45) is 0 Å². The number of carboxylic acid groups (broad SMARTS) is 1. The molecule has 0 spiro atoms. The molecule has 0 aliphatic rings. The maximum absolute atomic E-state index is 10.7. The molecule has 0 fully saturated rings. The lowest BCUT2D eigenvalue weighted by atomic mass is 10.3. The Kier molecular flexibility index (Phi) is 5.65.